The predicted octanol–water partition coefficient (Wildman–Crippen LogP) is 4.51. The molecule has 0 radical (unpaired) electrons. The van der Waals surface area contributed by atoms with Crippen LogP contribution in [0.25, 0.3) is 6.08 Å². The van der Waals surface area contributed by atoms with Crippen LogP contribution < -0.4 is 5.32 Å². The Labute approximate surface area is 196 Å². The molecule has 0 bridgehead atoms. The van der Waals surface area contributed by atoms with E-state index >= 15 is 0 Å². The molecular formula is C25H22ClN5O2. The van der Waals surface area contributed by atoms with Crippen molar-refractivity contribution in [2.24, 2.45) is 7.05 Å². The van der Waals surface area contributed by atoms with Crippen LogP contribution in [-0.2, 0) is 18.4 Å². The van der Waals surface area contributed by atoms with Gasteiger partial charge < -0.3 is 9.88 Å². The topological polar surface area (TPSA) is 81.8 Å². The average Bonchev–Trinajstić information content (AvgIpc) is 3.35. The molecule has 0 fully saturated rings. The first kappa shape index (κ1) is 22.2. The van der Waals surface area contributed by atoms with Crippen LogP contribution in [0.15, 0.2) is 73.1 Å². The lowest BCUT2D eigenvalue weighted by atomic mass is 10.1. The normalized spacial score (nSPS) is 11.1. The molecule has 0 spiro atoms. The number of anilines is 1. The second-order valence-corrected chi connectivity index (χ2v) is 7.88. The first-order valence-corrected chi connectivity index (χ1v) is 10.7. The predicted molar refractivity (Wildman–Crippen MR) is 128 cm³/mol. The second kappa shape index (κ2) is 9.67. The van der Waals surface area contributed by atoms with Gasteiger partial charge in [0.1, 0.15) is 5.15 Å². The van der Waals surface area contributed by atoms with Gasteiger partial charge in [-0.1, -0.05) is 41.9 Å². The third kappa shape index (κ3) is 5.10. The van der Waals surface area contributed by atoms with Gasteiger partial charge in [0.15, 0.2) is 5.82 Å². The number of hydrogen-bond donors (Lipinski definition) is 1. The van der Waals surface area contributed by atoms with Crippen LogP contribution in [0.2, 0.25) is 5.15 Å². The zero-order chi connectivity index (χ0) is 23.4. The number of nitrogens with zero attached hydrogens (tertiary/aromatic N) is 4. The fraction of sp³-hybridized carbons (Fsp3) is 0.120. The van der Waals surface area contributed by atoms with Crippen LogP contribution >= 0.6 is 11.6 Å². The Balaban J connectivity index is 1.41. The third-order valence-electron chi connectivity index (χ3n) is 5.12. The van der Waals surface area contributed by atoms with E-state index in [0.29, 0.717) is 34.3 Å². The van der Waals surface area contributed by atoms with E-state index in [1.807, 2.05) is 37.3 Å². The molecule has 0 saturated carbocycles. The smallest absolute Gasteiger partial charge is 0.248 e. The van der Waals surface area contributed by atoms with Gasteiger partial charge in [-0.3, -0.25) is 9.59 Å². The lowest BCUT2D eigenvalue weighted by molar-refractivity contribution is -0.111. The number of rotatable bonds is 7. The number of benzene rings is 2. The van der Waals surface area contributed by atoms with Crippen LogP contribution in [-0.4, -0.2) is 31.0 Å². The van der Waals surface area contributed by atoms with Gasteiger partial charge in [0.25, 0.3) is 0 Å². The summed E-state index contributed by atoms with van der Waals surface area (Å²) >= 11 is 6.50. The molecule has 0 aliphatic rings. The highest BCUT2D eigenvalue weighted by Crippen LogP contribution is 2.22. The zero-order valence-electron chi connectivity index (χ0n) is 18.2. The molecule has 1 amide bonds. The zero-order valence-corrected chi connectivity index (χ0v) is 19.0. The Morgan fingerprint density at radius 3 is 2.48 bits per heavy atom. The minimum atomic E-state index is -0.315. The summed E-state index contributed by atoms with van der Waals surface area (Å²) in [5.41, 5.74) is 3.57. The van der Waals surface area contributed by atoms with Crippen molar-refractivity contribution in [1.82, 2.24) is 19.3 Å². The molecule has 0 atom stereocenters. The number of hydrogen-bond acceptors (Lipinski definition) is 4. The summed E-state index contributed by atoms with van der Waals surface area (Å²) in [6, 6.07) is 16.6. The SMILES string of the molecule is Cc1nn(Cc2ccccc2)c(Cl)c1/C=C/C(=O)Nc1ccc(C(=O)c2nccn2C)cc1. The summed E-state index contributed by atoms with van der Waals surface area (Å²) in [6.07, 6.45) is 6.36. The average molecular weight is 460 g/mol. The molecule has 1 N–H and O–H groups in total. The first-order chi connectivity index (χ1) is 15.9. The molecule has 0 unspecified atom stereocenters. The molecule has 4 aromatic rings. The number of carbonyl (C=O) groups is 2. The Morgan fingerprint density at radius 1 is 1.09 bits per heavy atom. The van der Waals surface area contributed by atoms with E-state index in [2.05, 4.69) is 15.4 Å². The summed E-state index contributed by atoms with van der Waals surface area (Å²) in [5.74, 6) is -0.142. The monoisotopic (exact) mass is 459 g/mol. The molecule has 0 aliphatic carbocycles. The van der Waals surface area contributed by atoms with Gasteiger partial charge in [-0.15, -0.1) is 0 Å². The molecule has 166 valence electrons. The van der Waals surface area contributed by atoms with E-state index in [9.17, 15) is 9.59 Å². The largest absolute Gasteiger partial charge is 0.331 e. The van der Waals surface area contributed by atoms with Gasteiger partial charge in [0, 0.05) is 42.3 Å². The molecule has 7 nitrogen and oxygen atoms in total. The number of aromatic nitrogens is 4. The summed E-state index contributed by atoms with van der Waals surface area (Å²) in [7, 11) is 1.76. The Morgan fingerprint density at radius 2 is 1.82 bits per heavy atom. The summed E-state index contributed by atoms with van der Waals surface area (Å²) in [5, 5.41) is 7.74. The number of ketones is 1. The minimum Gasteiger partial charge on any atom is -0.331 e. The molecular weight excluding hydrogens is 438 g/mol. The van der Waals surface area contributed by atoms with E-state index in [0.717, 1.165) is 11.3 Å². The van der Waals surface area contributed by atoms with Crippen molar-refractivity contribution >= 4 is 35.1 Å². The van der Waals surface area contributed by atoms with Crippen molar-refractivity contribution in [3.05, 3.63) is 106 Å². The van der Waals surface area contributed by atoms with E-state index < -0.39 is 0 Å². The minimum absolute atomic E-state index is 0.182. The second-order valence-electron chi connectivity index (χ2n) is 7.52. The number of amides is 1. The van der Waals surface area contributed by atoms with Crippen LogP contribution in [0.4, 0.5) is 5.69 Å². The number of nitrogens with one attached hydrogen (secondary N) is 1. The van der Waals surface area contributed by atoms with Crippen molar-refractivity contribution in [2.45, 2.75) is 13.5 Å². The molecule has 33 heavy (non-hydrogen) atoms. The Kier molecular flexibility index (Phi) is 6.51. The maximum atomic E-state index is 12.5. The molecule has 8 heteroatoms. The van der Waals surface area contributed by atoms with Gasteiger partial charge in [-0.2, -0.15) is 5.10 Å². The standard InChI is InChI=1S/C25H22ClN5O2/c1-17-21(24(26)31(29-17)16-18-6-4-3-5-7-18)12-13-22(32)28-20-10-8-19(9-11-20)23(33)25-27-14-15-30(25)2/h3-15H,16H2,1-2H3,(H,28,32)/b13-12+. The quantitative estimate of drug-likeness (QED) is 0.325. The van der Waals surface area contributed by atoms with Gasteiger partial charge in [-0.25, -0.2) is 9.67 Å². The summed E-state index contributed by atoms with van der Waals surface area (Å²) < 4.78 is 3.37. The van der Waals surface area contributed by atoms with E-state index in [4.69, 9.17) is 11.6 Å². The molecule has 2 aromatic heterocycles. The van der Waals surface area contributed by atoms with Crippen LogP contribution in [0.3, 0.4) is 0 Å². The van der Waals surface area contributed by atoms with E-state index in [1.165, 1.54) is 6.08 Å². The van der Waals surface area contributed by atoms with Crippen molar-refractivity contribution in [3.8, 4) is 0 Å². The molecule has 2 aromatic carbocycles. The highest BCUT2D eigenvalue weighted by Gasteiger charge is 2.14. The molecule has 0 saturated heterocycles. The van der Waals surface area contributed by atoms with E-state index in [-0.39, 0.29) is 11.7 Å². The van der Waals surface area contributed by atoms with Crippen LogP contribution in [0.1, 0.15) is 33.0 Å². The lowest BCUT2D eigenvalue weighted by Gasteiger charge is -2.05. The van der Waals surface area contributed by atoms with Crippen molar-refractivity contribution in [3.63, 3.8) is 0 Å². The van der Waals surface area contributed by atoms with Crippen molar-refractivity contribution < 1.29 is 9.59 Å². The maximum absolute atomic E-state index is 12.5. The van der Waals surface area contributed by atoms with Crippen molar-refractivity contribution in [2.75, 3.05) is 5.32 Å². The van der Waals surface area contributed by atoms with Crippen molar-refractivity contribution in [1.29, 1.82) is 0 Å². The fourth-order valence-corrected chi connectivity index (χ4v) is 3.68. The molecule has 4 rings (SSSR count). The van der Waals surface area contributed by atoms with Gasteiger partial charge in [-0.05, 0) is 42.8 Å². The number of aryl methyl sites for hydroxylation is 2. The van der Waals surface area contributed by atoms with Gasteiger partial charge in [0.05, 0.1) is 12.2 Å². The number of imidazole rings is 1. The van der Waals surface area contributed by atoms with E-state index in [1.54, 1.807) is 59.0 Å². The van der Waals surface area contributed by atoms with Gasteiger partial charge in [0.2, 0.25) is 11.7 Å². The Hall–Kier alpha value is -3.97. The highest BCUT2D eigenvalue weighted by molar-refractivity contribution is 6.31. The third-order valence-corrected chi connectivity index (χ3v) is 5.52. The fourth-order valence-electron chi connectivity index (χ4n) is 3.38. The molecule has 0 aliphatic heterocycles. The van der Waals surface area contributed by atoms with Gasteiger partial charge >= 0.3 is 0 Å². The number of halogens is 1. The van der Waals surface area contributed by atoms with Crippen LogP contribution in [0.5, 0.6) is 0 Å². The first-order valence-electron chi connectivity index (χ1n) is 10.3. The summed E-state index contributed by atoms with van der Waals surface area (Å²) in [4.78, 5) is 29.0. The lowest BCUT2D eigenvalue weighted by Crippen LogP contribution is -2.10. The number of carbonyl (C=O) groups excluding carboxylic acids is 2. The Bertz CT molecular complexity index is 1320. The molecule has 2 heterocycles. The van der Waals surface area contributed by atoms with Crippen LogP contribution in [0, 0.1) is 6.92 Å². The summed E-state index contributed by atoms with van der Waals surface area (Å²) in [6.45, 7) is 2.40. The highest BCUT2D eigenvalue weighted by atomic mass is 35.5. The maximum Gasteiger partial charge on any atom is 0.248 e.